The summed E-state index contributed by atoms with van der Waals surface area (Å²) >= 11 is 1.32. The lowest BCUT2D eigenvalue weighted by molar-refractivity contribution is -0.946. The van der Waals surface area contributed by atoms with Crippen LogP contribution in [0.15, 0.2) is 70.7 Å². The van der Waals surface area contributed by atoms with Crippen LogP contribution in [0.25, 0.3) is 0 Å². The highest BCUT2D eigenvalue weighted by atomic mass is 32.1. The Balaban J connectivity index is 1.24. The number of rotatable bonds is 9. The summed E-state index contributed by atoms with van der Waals surface area (Å²) in [5.41, 5.74) is -1.92. The van der Waals surface area contributed by atoms with Crippen LogP contribution in [0.3, 0.4) is 0 Å². The van der Waals surface area contributed by atoms with Crippen molar-refractivity contribution in [3.05, 3.63) is 76.9 Å². The molecule has 33 heavy (non-hydrogen) atoms. The molecule has 1 unspecified atom stereocenters. The Morgan fingerprint density at radius 2 is 1.94 bits per heavy atom. The lowest BCUT2D eigenvalue weighted by Gasteiger charge is -2.52. The third-order valence-corrected chi connectivity index (χ3v) is 8.12. The summed E-state index contributed by atoms with van der Waals surface area (Å²) in [4.78, 5) is 13.9. The quantitative estimate of drug-likeness (QED) is 0.290. The molecule has 174 valence electrons. The molecule has 7 heteroatoms. The van der Waals surface area contributed by atoms with Gasteiger partial charge in [-0.1, -0.05) is 24.3 Å². The fourth-order valence-corrected chi connectivity index (χ4v) is 6.11. The predicted molar refractivity (Wildman–Crippen MR) is 125 cm³/mol. The van der Waals surface area contributed by atoms with Crippen molar-refractivity contribution in [1.82, 2.24) is 0 Å². The SMILES string of the molecule is O=C(O[C@H]1C[N+]2(CCCOc3ccccc3)CCC1CC2)C(O)(c1ccco1)c1cccs1. The minimum absolute atomic E-state index is 0.193. The van der Waals surface area contributed by atoms with Gasteiger partial charge in [0.15, 0.2) is 11.9 Å². The number of ether oxygens (including phenoxy) is 2. The maximum atomic E-state index is 13.4. The number of thiophene rings is 1. The first-order chi connectivity index (χ1) is 16.1. The molecule has 0 aliphatic carbocycles. The Morgan fingerprint density at radius 1 is 1.12 bits per heavy atom. The molecule has 1 aromatic carbocycles. The third kappa shape index (κ3) is 4.45. The van der Waals surface area contributed by atoms with Crippen molar-refractivity contribution >= 4 is 17.3 Å². The first kappa shape index (κ1) is 22.2. The zero-order valence-electron chi connectivity index (χ0n) is 18.6. The van der Waals surface area contributed by atoms with E-state index in [1.165, 1.54) is 17.6 Å². The summed E-state index contributed by atoms with van der Waals surface area (Å²) in [6.07, 6.45) is 4.29. The number of fused-ring (bicyclic) bond motifs is 3. The van der Waals surface area contributed by atoms with E-state index in [1.54, 1.807) is 18.2 Å². The summed E-state index contributed by atoms with van der Waals surface area (Å²) in [5, 5.41) is 13.3. The molecule has 6 rings (SSSR count). The van der Waals surface area contributed by atoms with Crippen molar-refractivity contribution in [3.63, 3.8) is 0 Å². The van der Waals surface area contributed by atoms with Crippen LogP contribution in [0.5, 0.6) is 5.75 Å². The van der Waals surface area contributed by atoms with Gasteiger partial charge in [0.25, 0.3) is 5.60 Å². The number of esters is 1. The van der Waals surface area contributed by atoms with Gasteiger partial charge in [0.05, 0.1) is 37.4 Å². The number of carbonyl (C=O) groups excluding carboxylic acids is 1. The lowest BCUT2D eigenvalue weighted by Crippen LogP contribution is -2.65. The van der Waals surface area contributed by atoms with Gasteiger partial charge < -0.3 is 23.5 Å². The minimum Gasteiger partial charge on any atom is -0.493 e. The Kier molecular flexibility index (Phi) is 6.27. The van der Waals surface area contributed by atoms with Crippen LogP contribution in [0, 0.1) is 5.92 Å². The van der Waals surface area contributed by atoms with Crippen LogP contribution in [0.1, 0.15) is 29.9 Å². The van der Waals surface area contributed by atoms with Gasteiger partial charge >= 0.3 is 5.97 Å². The van der Waals surface area contributed by atoms with Crippen LogP contribution in [-0.4, -0.2) is 54.4 Å². The molecule has 1 N–H and O–H groups in total. The number of hydrogen-bond acceptors (Lipinski definition) is 6. The van der Waals surface area contributed by atoms with Crippen molar-refractivity contribution in [3.8, 4) is 5.75 Å². The summed E-state index contributed by atoms with van der Waals surface area (Å²) in [6.45, 7) is 4.69. The Hall–Kier alpha value is -2.61. The molecule has 5 heterocycles. The van der Waals surface area contributed by atoms with Gasteiger partial charge in [-0.3, -0.25) is 0 Å². The molecule has 2 bridgehead atoms. The van der Waals surface area contributed by atoms with Crippen molar-refractivity contribution in [2.75, 3.05) is 32.8 Å². The molecule has 3 fully saturated rings. The summed E-state index contributed by atoms with van der Waals surface area (Å²) < 4.78 is 18.3. The Morgan fingerprint density at radius 3 is 2.64 bits per heavy atom. The number of para-hydroxylation sites is 1. The highest BCUT2D eigenvalue weighted by Crippen LogP contribution is 2.39. The first-order valence-corrected chi connectivity index (χ1v) is 12.5. The van der Waals surface area contributed by atoms with E-state index >= 15 is 0 Å². The number of hydrogen-bond donors (Lipinski definition) is 1. The Bertz CT molecular complexity index is 992. The third-order valence-electron chi connectivity index (χ3n) is 7.14. The number of furan rings is 1. The van der Waals surface area contributed by atoms with Gasteiger partial charge in [-0.2, -0.15) is 0 Å². The maximum Gasteiger partial charge on any atom is 0.352 e. The maximum absolute atomic E-state index is 13.4. The monoisotopic (exact) mass is 468 g/mol. The van der Waals surface area contributed by atoms with Crippen LogP contribution in [-0.2, 0) is 15.1 Å². The van der Waals surface area contributed by atoms with Gasteiger partial charge in [-0.25, -0.2) is 4.79 Å². The normalized spacial score (nSPS) is 26.0. The van der Waals surface area contributed by atoms with Gasteiger partial charge in [-0.15, -0.1) is 11.3 Å². The van der Waals surface area contributed by atoms with Crippen LogP contribution >= 0.6 is 11.3 Å². The molecule has 2 atom stereocenters. The highest BCUT2D eigenvalue weighted by molar-refractivity contribution is 7.10. The molecule has 3 saturated heterocycles. The van der Waals surface area contributed by atoms with Gasteiger partial charge in [-0.05, 0) is 35.7 Å². The summed E-state index contributed by atoms with van der Waals surface area (Å²) in [6, 6.07) is 16.7. The Labute approximate surface area is 198 Å². The van der Waals surface area contributed by atoms with Crippen LogP contribution in [0.2, 0.25) is 0 Å². The van der Waals surface area contributed by atoms with Gasteiger partial charge in [0.2, 0.25) is 0 Å². The second-order valence-electron chi connectivity index (χ2n) is 9.16. The average Bonchev–Trinajstić information content (AvgIpc) is 3.58. The van der Waals surface area contributed by atoms with Crippen molar-refractivity contribution < 1.29 is 28.3 Å². The number of nitrogens with zero attached hydrogens (tertiary/aromatic N) is 1. The van der Waals surface area contributed by atoms with Gasteiger partial charge in [0.1, 0.15) is 12.3 Å². The summed E-state index contributed by atoms with van der Waals surface area (Å²) in [7, 11) is 0. The summed E-state index contributed by atoms with van der Waals surface area (Å²) in [5.74, 6) is 0.786. The molecule has 6 nitrogen and oxygen atoms in total. The van der Waals surface area contributed by atoms with E-state index in [-0.39, 0.29) is 11.9 Å². The van der Waals surface area contributed by atoms with Crippen LogP contribution in [0.4, 0.5) is 0 Å². The van der Waals surface area contributed by atoms with Crippen molar-refractivity contribution in [1.29, 1.82) is 0 Å². The second-order valence-corrected chi connectivity index (χ2v) is 10.1. The van der Waals surface area contributed by atoms with E-state index < -0.39 is 11.6 Å². The fourth-order valence-electron chi connectivity index (χ4n) is 5.29. The van der Waals surface area contributed by atoms with Crippen molar-refractivity contribution in [2.45, 2.75) is 31.0 Å². The molecular formula is C26H30NO5S+. The number of benzene rings is 1. The zero-order chi connectivity index (χ0) is 22.7. The zero-order valence-corrected chi connectivity index (χ0v) is 19.4. The van der Waals surface area contributed by atoms with Gasteiger partial charge in [0, 0.05) is 25.2 Å². The molecule has 0 radical (unpaired) electrons. The fraction of sp³-hybridized carbons (Fsp3) is 0.423. The number of quaternary nitrogens is 1. The predicted octanol–water partition coefficient (Wildman–Crippen LogP) is 4.20. The molecule has 3 aliphatic heterocycles. The molecule has 0 saturated carbocycles. The van der Waals surface area contributed by atoms with Crippen LogP contribution < -0.4 is 4.74 Å². The molecule has 3 aliphatic rings. The first-order valence-electron chi connectivity index (χ1n) is 11.6. The second kappa shape index (κ2) is 9.33. The number of aliphatic hydroxyl groups is 1. The molecule has 0 spiro atoms. The topological polar surface area (TPSA) is 68.9 Å². The lowest BCUT2D eigenvalue weighted by atomic mass is 9.83. The largest absolute Gasteiger partial charge is 0.493 e. The standard InChI is InChI=1S/C26H30NO5S/c28-25(26(29,23-9-4-16-31-23)24-10-5-18-33-24)32-22-19-27(14-11-20(22)12-15-27)13-6-17-30-21-7-2-1-3-8-21/h1-5,7-10,16,18,20,22,29H,6,11-15,17,19H2/q+1/t20?,22-,26?,27?/m0/s1. The molecule has 3 aromatic rings. The average molecular weight is 469 g/mol. The van der Waals surface area contributed by atoms with E-state index in [4.69, 9.17) is 13.9 Å². The smallest absolute Gasteiger partial charge is 0.352 e. The molecular weight excluding hydrogens is 438 g/mol. The van der Waals surface area contributed by atoms with Crippen molar-refractivity contribution in [2.24, 2.45) is 5.92 Å². The number of piperidine rings is 3. The minimum atomic E-state index is -1.92. The number of carbonyl (C=O) groups is 1. The van der Waals surface area contributed by atoms with E-state index in [0.29, 0.717) is 17.4 Å². The van der Waals surface area contributed by atoms with E-state index in [0.717, 1.165) is 55.7 Å². The highest BCUT2D eigenvalue weighted by Gasteiger charge is 2.51. The van der Waals surface area contributed by atoms with E-state index in [1.807, 2.05) is 41.8 Å². The molecule has 0 amide bonds. The van der Waals surface area contributed by atoms with E-state index in [9.17, 15) is 9.90 Å². The van der Waals surface area contributed by atoms with E-state index in [2.05, 4.69) is 0 Å². The molecule has 2 aromatic heterocycles.